The fourth-order valence-electron chi connectivity index (χ4n) is 8.52. The van der Waals surface area contributed by atoms with Crippen molar-refractivity contribution in [2.24, 2.45) is 29.6 Å². The standard InChI is InChI=1S/C37H32ClN3O7S2/c1-3-47-36(45)18-8-11-20(12-9-18)41-34(43)29-22-15-23(30(29)35(41)44)31-28(22)27(32-33(49-31)40-37(46)50-32)21-14-19(38)10-13-25(21)48-16-26(42)39-24-7-5-4-6-17(24)2/h4-14,22-23,27-31H,3,15-16H2,1-2H3,(H,39,42)(H,40,46)/t22-,23-,27+,28-,29+,30+,31-/m1/s1. The number of hydrogen-bond donors (Lipinski definition) is 2. The summed E-state index contributed by atoms with van der Waals surface area (Å²) in [5.74, 6) is -2.52. The van der Waals surface area contributed by atoms with Crippen LogP contribution in [-0.4, -0.2) is 47.1 Å². The van der Waals surface area contributed by atoms with Crippen molar-refractivity contribution in [1.29, 1.82) is 0 Å². The number of fused-ring (bicyclic) bond motifs is 9. The third-order valence-electron chi connectivity index (χ3n) is 10.4. The van der Waals surface area contributed by atoms with Crippen molar-refractivity contribution in [2.45, 2.75) is 36.5 Å². The number of aromatic nitrogens is 1. The molecule has 256 valence electrons. The molecule has 2 saturated carbocycles. The minimum Gasteiger partial charge on any atom is -0.483 e. The number of hydrogen-bond acceptors (Lipinski definition) is 9. The van der Waals surface area contributed by atoms with Crippen LogP contribution in [0.5, 0.6) is 5.75 Å². The van der Waals surface area contributed by atoms with E-state index in [9.17, 15) is 24.0 Å². The van der Waals surface area contributed by atoms with Gasteiger partial charge in [-0.25, -0.2) is 4.79 Å². The summed E-state index contributed by atoms with van der Waals surface area (Å²) in [4.78, 5) is 71.2. The van der Waals surface area contributed by atoms with E-state index in [0.717, 1.165) is 32.4 Å². The van der Waals surface area contributed by atoms with E-state index in [2.05, 4.69) is 10.3 Å². The highest BCUT2D eigenvalue weighted by Crippen LogP contribution is 2.69. The molecule has 3 fully saturated rings. The molecular weight excluding hydrogens is 698 g/mol. The van der Waals surface area contributed by atoms with Gasteiger partial charge in [-0.1, -0.05) is 41.1 Å². The van der Waals surface area contributed by atoms with Crippen molar-refractivity contribution in [1.82, 2.24) is 4.98 Å². The zero-order chi connectivity index (χ0) is 34.8. The quantitative estimate of drug-likeness (QED) is 0.160. The number of H-pyrrole nitrogens is 1. The number of aromatic amines is 1. The van der Waals surface area contributed by atoms with Gasteiger partial charge in [-0.15, -0.1) is 11.8 Å². The molecule has 4 aliphatic rings. The van der Waals surface area contributed by atoms with E-state index in [1.54, 1.807) is 55.1 Å². The molecule has 8 rings (SSSR count). The Hall–Kier alpha value is -4.39. The van der Waals surface area contributed by atoms with Gasteiger partial charge in [0, 0.05) is 32.3 Å². The lowest BCUT2D eigenvalue weighted by Crippen LogP contribution is -2.42. The van der Waals surface area contributed by atoms with Crippen LogP contribution >= 0.6 is 34.7 Å². The third-order valence-corrected chi connectivity index (χ3v) is 13.3. The molecule has 3 heterocycles. The number of esters is 1. The number of aryl methyl sites for hydroxylation is 1. The van der Waals surface area contributed by atoms with Gasteiger partial charge < -0.3 is 19.8 Å². The maximum Gasteiger partial charge on any atom is 0.338 e. The van der Waals surface area contributed by atoms with Crippen LogP contribution in [0.2, 0.25) is 5.02 Å². The number of ether oxygens (including phenoxy) is 2. The Kier molecular flexibility index (Phi) is 8.35. The summed E-state index contributed by atoms with van der Waals surface area (Å²) in [6.07, 6.45) is 0.704. The highest BCUT2D eigenvalue weighted by molar-refractivity contribution is 8.00. The molecule has 2 bridgehead atoms. The number of para-hydroxylation sites is 1. The van der Waals surface area contributed by atoms with Gasteiger partial charge in [-0.3, -0.25) is 24.1 Å². The second-order valence-corrected chi connectivity index (χ2v) is 15.7. The molecule has 0 spiro atoms. The third kappa shape index (κ3) is 5.35. The largest absolute Gasteiger partial charge is 0.483 e. The first kappa shape index (κ1) is 32.8. The van der Waals surface area contributed by atoms with Crippen LogP contribution in [0.4, 0.5) is 11.4 Å². The van der Waals surface area contributed by atoms with Crippen molar-refractivity contribution in [3.05, 3.63) is 103 Å². The highest BCUT2D eigenvalue weighted by atomic mass is 35.5. The average molecular weight is 730 g/mol. The first-order valence-corrected chi connectivity index (χ1v) is 18.5. The number of carbonyl (C=O) groups excluding carboxylic acids is 4. The SMILES string of the molecule is CCOC(=O)c1ccc(N2C(=O)[C@H]3[C@H]4C[C@@H]([C@@H]3C2=O)[C@@H]2[C@H](c3cc(Cl)ccc3OCC(=O)Nc3ccccc3C)c3sc(=O)[nH]c3S[C@H]42)cc1. The van der Waals surface area contributed by atoms with Gasteiger partial charge in [-0.05, 0) is 92.1 Å². The van der Waals surface area contributed by atoms with Crippen LogP contribution in [0.15, 0.2) is 76.6 Å². The van der Waals surface area contributed by atoms with E-state index < -0.39 is 17.8 Å². The molecule has 1 saturated heterocycles. The number of rotatable bonds is 8. The maximum atomic E-state index is 14.2. The van der Waals surface area contributed by atoms with Crippen LogP contribution in [0.25, 0.3) is 0 Å². The summed E-state index contributed by atoms with van der Waals surface area (Å²) in [7, 11) is 0. The summed E-state index contributed by atoms with van der Waals surface area (Å²) < 4.78 is 11.3. The predicted octanol–water partition coefficient (Wildman–Crippen LogP) is 6.27. The average Bonchev–Trinajstić information content (AvgIpc) is 3.84. The van der Waals surface area contributed by atoms with E-state index in [1.807, 2.05) is 37.3 Å². The number of nitrogens with zero attached hydrogens (tertiary/aromatic N) is 1. The number of halogens is 1. The maximum absolute atomic E-state index is 14.2. The number of benzene rings is 3. The van der Waals surface area contributed by atoms with Gasteiger partial charge in [0.1, 0.15) is 5.75 Å². The van der Waals surface area contributed by atoms with Gasteiger partial charge in [0.15, 0.2) is 6.61 Å². The molecule has 3 amide bonds. The van der Waals surface area contributed by atoms with E-state index in [1.165, 1.54) is 4.90 Å². The first-order valence-electron chi connectivity index (χ1n) is 16.5. The van der Waals surface area contributed by atoms with Crippen LogP contribution in [0.3, 0.4) is 0 Å². The monoisotopic (exact) mass is 729 g/mol. The zero-order valence-electron chi connectivity index (χ0n) is 27.0. The topological polar surface area (TPSA) is 135 Å². The molecule has 2 aliphatic carbocycles. The lowest BCUT2D eigenvalue weighted by molar-refractivity contribution is -0.123. The molecule has 7 atom stereocenters. The molecule has 50 heavy (non-hydrogen) atoms. The second kappa shape index (κ2) is 12.7. The van der Waals surface area contributed by atoms with Crippen molar-refractivity contribution in [3.63, 3.8) is 0 Å². The smallest absolute Gasteiger partial charge is 0.338 e. The fraction of sp³-hybridized carbons (Fsp3) is 0.324. The molecular formula is C37H32ClN3O7S2. The Balaban J connectivity index is 1.11. The molecule has 10 nitrogen and oxygen atoms in total. The Morgan fingerprint density at radius 3 is 2.48 bits per heavy atom. The van der Waals surface area contributed by atoms with Crippen LogP contribution in [-0.2, 0) is 19.1 Å². The molecule has 0 radical (unpaired) electrons. The molecule has 0 unspecified atom stereocenters. The van der Waals surface area contributed by atoms with Crippen LogP contribution < -0.4 is 19.8 Å². The molecule has 2 aliphatic heterocycles. The lowest BCUT2D eigenvalue weighted by atomic mass is 9.68. The Morgan fingerprint density at radius 1 is 1.00 bits per heavy atom. The first-order chi connectivity index (χ1) is 24.1. The predicted molar refractivity (Wildman–Crippen MR) is 190 cm³/mol. The van der Waals surface area contributed by atoms with Crippen LogP contribution in [0.1, 0.15) is 45.6 Å². The van der Waals surface area contributed by atoms with Gasteiger partial charge in [-0.2, -0.15) is 0 Å². The van der Waals surface area contributed by atoms with E-state index in [4.69, 9.17) is 21.1 Å². The normalized spacial score (nSPS) is 26.0. The minimum absolute atomic E-state index is 0.0527. The van der Waals surface area contributed by atoms with Crippen molar-refractivity contribution >= 4 is 69.8 Å². The number of amides is 3. The number of anilines is 2. The molecule has 1 aromatic heterocycles. The van der Waals surface area contributed by atoms with E-state index >= 15 is 0 Å². The van der Waals surface area contributed by atoms with E-state index in [-0.39, 0.29) is 64.7 Å². The summed E-state index contributed by atoms with van der Waals surface area (Å²) in [5, 5.41) is 4.07. The number of thiazole rings is 1. The van der Waals surface area contributed by atoms with Crippen molar-refractivity contribution in [2.75, 3.05) is 23.4 Å². The summed E-state index contributed by atoms with van der Waals surface area (Å²) >= 11 is 9.32. The highest BCUT2D eigenvalue weighted by Gasteiger charge is 2.70. The van der Waals surface area contributed by atoms with Crippen molar-refractivity contribution in [3.8, 4) is 5.75 Å². The summed E-state index contributed by atoms with van der Waals surface area (Å²) in [5.41, 5.74) is 3.12. The minimum atomic E-state index is -0.526. The van der Waals surface area contributed by atoms with E-state index in [0.29, 0.717) is 34.1 Å². The van der Waals surface area contributed by atoms with Gasteiger partial charge in [0.05, 0.1) is 34.7 Å². The zero-order valence-corrected chi connectivity index (χ0v) is 29.4. The summed E-state index contributed by atoms with van der Waals surface area (Å²) in [6.45, 7) is 3.63. The van der Waals surface area contributed by atoms with Gasteiger partial charge in [0.25, 0.3) is 5.91 Å². The number of nitrogens with one attached hydrogen (secondary N) is 2. The number of thioether (sulfide) groups is 1. The molecule has 4 aromatic rings. The molecule has 3 aromatic carbocycles. The molecule has 13 heteroatoms. The molecule has 2 N–H and O–H groups in total. The van der Waals surface area contributed by atoms with Gasteiger partial charge >= 0.3 is 10.8 Å². The Bertz CT molecular complexity index is 2110. The number of carbonyl (C=O) groups is 4. The van der Waals surface area contributed by atoms with Crippen molar-refractivity contribution < 1.29 is 28.7 Å². The van der Waals surface area contributed by atoms with Crippen LogP contribution in [0, 0.1) is 36.5 Å². The fourth-order valence-corrected chi connectivity index (χ4v) is 11.6. The lowest BCUT2D eigenvalue weighted by Gasteiger charge is -2.43. The number of imide groups is 1. The Morgan fingerprint density at radius 2 is 1.74 bits per heavy atom. The van der Waals surface area contributed by atoms with Gasteiger partial charge in [0.2, 0.25) is 11.8 Å². The second-order valence-electron chi connectivity index (χ2n) is 13.1. The Labute approximate surface area is 300 Å². The summed E-state index contributed by atoms with van der Waals surface area (Å²) in [6, 6.07) is 19.1.